The van der Waals surface area contributed by atoms with Gasteiger partial charge in [-0.3, -0.25) is 4.79 Å². The van der Waals surface area contributed by atoms with Crippen molar-refractivity contribution in [1.82, 2.24) is 0 Å². The van der Waals surface area contributed by atoms with Gasteiger partial charge in [0, 0.05) is 11.0 Å². The van der Waals surface area contributed by atoms with E-state index in [1.807, 2.05) is 20.8 Å². The molecule has 24 heavy (non-hydrogen) atoms. The van der Waals surface area contributed by atoms with Gasteiger partial charge in [-0.25, -0.2) is 0 Å². The van der Waals surface area contributed by atoms with Gasteiger partial charge in [-0.15, -0.1) is 0 Å². The summed E-state index contributed by atoms with van der Waals surface area (Å²) in [5.74, 6) is -0.299. The number of hydrogen-bond donors (Lipinski definition) is 2. The lowest BCUT2D eigenvalue weighted by Gasteiger charge is -2.52. The van der Waals surface area contributed by atoms with E-state index in [1.165, 1.54) is 5.57 Å². The third-order valence-corrected chi connectivity index (χ3v) is 7.05. The van der Waals surface area contributed by atoms with Crippen molar-refractivity contribution in [2.75, 3.05) is 0 Å². The molecule has 0 saturated carbocycles. The van der Waals surface area contributed by atoms with Crippen molar-refractivity contribution in [3.63, 3.8) is 0 Å². The molecule has 4 heteroatoms. The van der Waals surface area contributed by atoms with E-state index in [0.29, 0.717) is 5.57 Å². The molecule has 1 fully saturated rings. The van der Waals surface area contributed by atoms with Gasteiger partial charge in [0.15, 0.2) is 5.78 Å². The Morgan fingerprint density at radius 3 is 2.58 bits per heavy atom. The minimum absolute atomic E-state index is 0.133. The molecule has 134 valence electrons. The minimum atomic E-state index is -1.28. The zero-order valence-corrected chi connectivity index (χ0v) is 15.4. The highest BCUT2D eigenvalue weighted by Gasteiger charge is 2.62. The normalized spacial score (nSPS) is 51.5. The quantitative estimate of drug-likeness (QED) is 0.528. The van der Waals surface area contributed by atoms with Crippen LogP contribution in [0.2, 0.25) is 0 Å². The number of epoxide rings is 1. The van der Waals surface area contributed by atoms with Crippen LogP contribution in [0.4, 0.5) is 0 Å². The van der Waals surface area contributed by atoms with E-state index in [9.17, 15) is 15.0 Å². The van der Waals surface area contributed by atoms with Crippen LogP contribution in [0.15, 0.2) is 23.3 Å². The number of fused-ring (bicyclic) bond motifs is 3. The molecule has 1 aliphatic heterocycles. The Labute approximate surface area is 144 Å². The van der Waals surface area contributed by atoms with E-state index in [-0.39, 0.29) is 11.7 Å². The average Bonchev–Trinajstić information content (AvgIpc) is 3.18. The maximum atomic E-state index is 13.0. The van der Waals surface area contributed by atoms with Crippen LogP contribution in [0.25, 0.3) is 0 Å². The summed E-state index contributed by atoms with van der Waals surface area (Å²) in [4.78, 5) is 13.0. The number of Topliss-reactive ketones (excluding diaryl/α,β-unsaturated/α-hetero) is 1. The third-order valence-electron chi connectivity index (χ3n) is 7.05. The second-order valence-corrected chi connectivity index (χ2v) is 8.61. The fourth-order valence-electron chi connectivity index (χ4n) is 4.46. The largest absolute Gasteiger partial charge is 0.389 e. The summed E-state index contributed by atoms with van der Waals surface area (Å²) < 4.78 is 5.73. The number of aliphatic hydroxyl groups excluding tert-OH is 1. The monoisotopic (exact) mass is 334 g/mol. The highest BCUT2D eigenvalue weighted by Crippen LogP contribution is 2.54. The van der Waals surface area contributed by atoms with Gasteiger partial charge in [-0.05, 0) is 58.4 Å². The lowest BCUT2D eigenvalue weighted by Crippen LogP contribution is -2.57. The number of carbonyl (C=O) groups is 1. The van der Waals surface area contributed by atoms with Crippen LogP contribution in [0.3, 0.4) is 0 Å². The van der Waals surface area contributed by atoms with Crippen molar-refractivity contribution in [2.24, 2.45) is 11.3 Å². The Morgan fingerprint density at radius 1 is 1.25 bits per heavy atom. The maximum absolute atomic E-state index is 13.0. The summed E-state index contributed by atoms with van der Waals surface area (Å²) in [6.45, 7) is 9.75. The Bertz CT molecular complexity index is 617. The summed E-state index contributed by atoms with van der Waals surface area (Å²) in [7, 11) is 0. The third kappa shape index (κ3) is 2.51. The van der Waals surface area contributed by atoms with Gasteiger partial charge in [0.1, 0.15) is 11.7 Å². The molecule has 1 heterocycles. The standard InChI is InChI=1S/C20H30O4/c1-12-7-6-9-19(4)17(24-19)16(22)14-11-15(21)13(2)18(3,10-8-12)20(14,5)23/h7,11,13,15,17,21,23H,6,8-10H2,1-5H3/b12-7+. The van der Waals surface area contributed by atoms with Gasteiger partial charge < -0.3 is 14.9 Å². The van der Waals surface area contributed by atoms with Crippen LogP contribution < -0.4 is 0 Å². The molecule has 1 saturated heterocycles. The lowest BCUT2D eigenvalue weighted by atomic mass is 9.55. The molecule has 2 bridgehead atoms. The SMILES string of the molecule is C/C1=C\CCC2(C)OC2C(=O)C2=CC(O)C(C)C(C)(CC1)C2(C)O. The summed E-state index contributed by atoms with van der Waals surface area (Å²) in [6, 6.07) is 0. The number of ether oxygens (including phenoxy) is 1. The Hall–Kier alpha value is -0.970. The van der Waals surface area contributed by atoms with Crippen molar-refractivity contribution in [3.8, 4) is 0 Å². The Morgan fingerprint density at radius 2 is 1.92 bits per heavy atom. The highest BCUT2D eigenvalue weighted by atomic mass is 16.6. The number of aliphatic hydroxyl groups is 2. The molecule has 3 aliphatic rings. The van der Waals surface area contributed by atoms with Crippen LogP contribution in [0.1, 0.15) is 60.3 Å². The predicted molar refractivity (Wildman–Crippen MR) is 92.5 cm³/mol. The van der Waals surface area contributed by atoms with Gasteiger partial charge in [-0.2, -0.15) is 0 Å². The molecule has 0 aromatic carbocycles. The molecule has 2 aliphatic carbocycles. The number of hydrogen-bond acceptors (Lipinski definition) is 4. The first kappa shape index (κ1) is 17.8. The van der Waals surface area contributed by atoms with Gasteiger partial charge in [-0.1, -0.05) is 25.5 Å². The van der Waals surface area contributed by atoms with E-state index in [0.717, 1.165) is 25.7 Å². The number of rotatable bonds is 0. The van der Waals surface area contributed by atoms with Crippen LogP contribution in [-0.4, -0.2) is 39.4 Å². The number of ketones is 1. The zero-order chi connectivity index (χ0) is 17.9. The topological polar surface area (TPSA) is 70.1 Å². The second kappa shape index (κ2) is 5.52. The van der Waals surface area contributed by atoms with Gasteiger partial charge in [0.25, 0.3) is 0 Å². The molecular formula is C20H30O4. The lowest BCUT2D eigenvalue weighted by molar-refractivity contribution is -0.131. The summed E-state index contributed by atoms with van der Waals surface area (Å²) in [5.41, 5.74) is -0.695. The van der Waals surface area contributed by atoms with Crippen molar-refractivity contribution in [2.45, 2.75) is 83.7 Å². The predicted octanol–water partition coefficient (Wildman–Crippen LogP) is 2.93. The summed E-state index contributed by atoms with van der Waals surface area (Å²) >= 11 is 0. The van der Waals surface area contributed by atoms with Gasteiger partial charge in [0.05, 0.1) is 11.7 Å². The van der Waals surface area contributed by atoms with Crippen LogP contribution in [0, 0.1) is 11.3 Å². The smallest absolute Gasteiger partial charge is 0.193 e. The van der Waals surface area contributed by atoms with Crippen LogP contribution in [-0.2, 0) is 9.53 Å². The van der Waals surface area contributed by atoms with E-state index in [4.69, 9.17) is 4.74 Å². The van der Waals surface area contributed by atoms with Crippen LogP contribution in [0.5, 0.6) is 0 Å². The first-order chi connectivity index (χ1) is 11.0. The molecule has 6 atom stereocenters. The molecule has 6 unspecified atom stereocenters. The zero-order valence-electron chi connectivity index (χ0n) is 15.4. The number of allylic oxidation sites excluding steroid dienone is 2. The molecule has 0 spiro atoms. The maximum Gasteiger partial charge on any atom is 0.193 e. The highest BCUT2D eigenvalue weighted by molar-refractivity contribution is 6.03. The Balaban J connectivity index is 2.08. The molecule has 0 aromatic heterocycles. The van der Waals surface area contributed by atoms with Crippen molar-refractivity contribution in [1.29, 1.82) is 0 Å². The molecule has 0 amide bonds. The summed E-state index contributed by atoms with van der Waals surface area (Å²) in [6.07, 6.45) is 5.82. The number of carbonyl (C=O) groups excluding carboxylic acids is 1. The first-order valence-electron chi connectivity index (χ1n) is 9.03. The van der Waals surface area contributed by atoms with Crippen molar-refractivity contribution in [3.05, 3.63) is 23.3 Å². The fourth-order valence-corrected chi connectivity index (χ4v) is 4.46. The molecule has 0 aromatic rings. The van der Waals surface area contributed by atoms with E-state index >= 15 is 0 Å². The van der Waals surface area contributed by atoms with Gasteiger partial charge >= 0.3 is 0 Å². The average molecular weight is 334 g/mol. The fraction of sp³-hybridized carbons (Fsp3) is 0.750. The van der Waals surface area contributed by atoms with Crippen molar-refractivity contribution >= 4 is 5.78 Å². The first-order valence-corrected chi connectivity index (χ1v) is 9.03. The molecule has 3 rings (SSSR count). The Kier molecular flexibility index (Phi) is 4.10. The molecule has 0 radical (unpaired) electrons. The van der Waals surface area contributed by atoms with Crippen molar-refractivity contribution < 1.29 is 19.7 Å². The van der Waals surface area contributed by atoms with Crippen LogP contribution >= 0.6 is 0 Å². The van der Waals surface area contributed by atoms with E-state index in [2.05, 4.69) is 13.0 Å². The molecule has 2 N–H and O–H groups in total. The summed E-state index contributed by atoms with van der Waals surface area (Å²) in [5, 5.41) is 21.9. The minimum Gasteiger partial charge on any atom is -0.389 e. The van der Waals surface area contributed by atoms with Gasteiger partial charge in [0.2, 0.25) is 0 Å². The molecule has 4 nitrogen and oxygen atoms in total. The van der Waals surface area contributed by atoms with E-state index < -0.39 is 28.8 Å². The second-order valence-electron chi connectivity index (χ2n) is 8.61. The van der Waals surface area contributed by atoms with E-state index in [1.54, 1.807) is 13.0 Å². The molecular weight excluding hydrogens is 304 g/mol.